The Bertz CT molecular complexity index is 158. The van der Waals surface area contributed by atoms with Gasteiger partial charge in [0.05, 0.1) is 0 Å². The minimum absolute atomic E-state index is 0.967. The lowest BCUT2D eigenvalue weighted by molar-refractivity contribution is 0.614. The van der Waals surface area contributed by atoms with E-state index in [4.69, 9.17) is 22.2 Å². The van der Waals surface area contributed by atoms with Crippen molar-refractivity contribution >= 4 is 29.6 Å². The molecule has 0 unspecified atom stereocenters. The van der Waals surface area contributed by atoms with Crippen LogP contribution in [0.25, 0.3) is 0 Å². The van der Waals surface area contributed by atoms with Crippen molar-refractivity contribution in [3.8, 4) is 11.5 Å². The van der Waals surface area contributed by atoms with Gasteiger partial charge in [-0.2, -0.15) is 0 Å². The Morgan fingerprint density at radius 1 is 1.00 bits per heavy atom. The van der Waals surface area contributed by atoms with Gasteiger partial charge in [-0.15, -0.1) is 28.1 Å². The summed E-state index contributed by atoms with van der Waals surface area (Å²) in [5, 5.41) is 0. The molecule has 0 aliphatic heterocycles. The van der Waals surface area contributed by atoms with Gasteiger partial charge < -0.3 is 0 Å². The summed E-state index contributed by atoms with van der Waals surface area (Å²) in [6.45, 7) is 2.23. The van der Waals surface area contributed by atoms with Crippen LogP contribution >= 0.6 is 22.2 Å². The van der Waals surface area contributed by atoms with Crippen molar-refractivity contribution in [2.24, 2.45) is 0 Å². The molecule has 0 nitrogen and oxygen atoms in total. The molecule has 0 rings (SSSR count). The Kier molecular flexibility index (Phi) is 10.7. The number of halogens is 2. The predicted octanol–water partition coefficient (Wildman–Crippen LogP) is 3.98. The van der Waals surface area contributed by atoms with Crippen LogP contribution in [0.5, 0.6) is 0 Å². The maximum absolute atomic E-state index is 5.59. The Labute approximate surface area is 93.0 Å². The molecule has 0 aromatic heterocycles. The van der Waals surface area contributed by atoms with Crippen LogP contribution in [-0.2, 0) is 0 Å². The van der Waals surface area contributed by atoms with Gasteiger partial charge in [0, 0.05) is 6.42 Å². The second-order valence-electron chi connectivity index (χ2n) is 3.14. The number of hydrogen-bond donors (Lipinski definition) is 0. The van der Waals surface area contributed by atoms with Gasteiger partial charge in [0.1, 0.15) is 0 Å². The fraction of sp³-hybridized carbons (Fsp3) is 0.800. The molecule has 0 spiro atoms. The van der Waals surface area contributed by atoms with E-state index in [2.05, 4.69) is 18.4 Å². The van der Waals surface area contributed by atoms with Crippen molar-refractivity contribution < 1.29 is 0 Å². The molecule has 0 atom stereocenters. The highest BCUT2D eigenvalue weighted by Gasteiger charge is 1.91. The van der Waals surface area contributed by atoms with E-state index in [1.165, 1.54) is 38.5 Å². The van der Waals surface area contributed by atoms with E-state index >= 15 is 0 Å². The number of unbranched alkanes of at least 4 members (excludes halogenated alkanes) is 6. The molecule has 0 fully saturated rings. The summed E-state index contributed by atoms with van der Waals surface area (Å²) >= 11 is 11.2. The van der Waals surface area contributed by atoms with Crippen LogP contribution < -0.4 is 0 Å². The Morgan fingerprint density at radius 3 is 2.23 bits per heavy atom. The maximum atomic E-state index is 5.59. The standard InChI is InChI=1S/C10H18Cl2Si/c1-2-3-4-5-6-7-8-9-10-13(11)12/h13H,2-8H2,1H3. The minimum Gasteiger partial charge on any atom is -0.134 e. The molecule has 0 amide bonds. The third kappa shape index (κ3) is 12.4. The van der Waals surface area contributed by atoms with Gasteiger partial charge in [-0.05, 0) is 6.42 Å². The lowest BCUT2D eigenvalue weighted by atomic mass is 10.1. The molecule has 13 heavy (non-hydrogen) atoms. The summed E-state index contributed by atoms with van der Waals surface area (Å²) in [7, 11) is -1.66. The molecular weight excluding hydrogens is 219 g/mol. The summed E-state index contributed by atoms with van der Waals surface area (Å²) in [4.78, 5) is 0. The van der Waals surface area contributed by atoms with Crippen molar-refractivity contribution in [2.45, 2.75) is 51.9 Å². The fourth-order valence-corrected chi connectivity index (χ4v) is 1.90. The van der Waals surface area contributed by atoms with Crippen molar-refractivity contribution in [2.75, 3.05) is 0 Å². The molecule has 0 aliphatic rings. The van der Waals surface area contributed by atoms with Crippen LogP contribution in [0.1, 0.15) is 51.9 Å². The van der Waals surface area contributed by atoms with Crippen LogP contribution in [-0.4, -0.2) is 7.42 Å². The van der Waals surface area contributed by atoms with E-state index in [-0.39, 0.29) is 0 Å². The summed E-state index contributed by atoms with van der Waals surface area (Å²) in [5.41, 5.74) is 2.87. The zero-order valence-corrected chi connectivity index (χ0v) is 10.9. The summed E-state index contributed by atoms with van der Waals surface area (Å²) in [6.07, 6.45) is 8.85. The van der Waals surface area contributed by atoms with E-state index in [0.717, 1.165) is 6.42 Å². The quantitative estimate of drug-likeness (QED) is 0.284. The van der Waals surface area contributed by atoms with Crippen molar-refractivity contribution in [3.63, 3.8) is 0 Å². The van der Waals surface area contributed by atoms with Crippen molar-refractivity contribution in [1.29, 1.82) is 0 Å². The molecule has 0 bridgehead atoms. The SMILES string of the molecule is CCCCCCCCC#C[SiH](Cl)Cl. The van der Waals surface area contributed by atoms with E-state index in [9.17, 15) is 0 Å². The number of rotatable bonds is 6. The summed E-state index contributed by atoms with van der Waals surface area (Å²) in [5.74, 6) is 3.02. The Morgan fingerprint density at radius 2 is 1.62 bits per heavy atom. The van der Waals surface area contributed by atoms with Crippen LogP contribution in [0.2, 0.25) is 0 Å². The average molecular weight is 237 g/mol. The first-order valence-electron chi connectivity index (χ1n) is 5.04. The molecule has 0 aliphatic carbocycles. The van der Waals surface area contributed by atoms with Crippen LogP contribution in [0.3, 0.4) is 0 Å². The maximum Gasteiger partial charge on any atom is 0.309 e. The topological polar surface area (TPSA) is 0 Å². The van der Waals surface area contributed by atoms with Gasteiger partial charge in [-0.25, -0.2) is 0 Å². The third-order valence-corrected chi connectivity index (χ3v) is 2.94. The molecule has 0 radical (unpaired) electrons. The zero-order chi connectivity index (χ0) is 9.94. The van der Waals surface area contributed by atoms with Gasteiger partial charge >= 0.3 is 7.42 Å². The normalized spacial score (nSPS) is 9.85. The molecule has 3 heteroatoms. The highest BCUT2D eigenvalue weighted by Crippen LogP contribution is 2.06. The van der Waals surface area contributed by atoms with Crippen LogP contribution in [0.15, 0.2) is 0 Å². The van der Waals surface area contributed by atoms with Gasteiger partial charge in [0.15, 0.2) is 0 Å². The van der Waals surface area contributed by atoms with Gasteiger partial charge in [0.2, 0.25) is 0 Å². The Hall–Kier alpha value is 0.357. The lowest BCUT2D eigenvalue weighted by Gasteiger charge is -1.96. The fourth-order valence-electron chi connectivity index (χ4n) is 1.14. The van der Waals surface area contributed by atoms with E-state index in [1.807, 2.05) is 0 Å². The lowest BCUT2D eigenvalue weighted by Crippen LogP contribution is -1.84. The summed E-state index contributed by atoms with van der Waals surface area (Å²) in [6, 6.07) is 0. The first kappa shape index (κ1) is 13.4. The van der Waals surface area contributed by atoms with Gasteiger partial charge in [-0.3, -0.25) is 0 Å². The first-order valence-corrected chi connectivity index (χ1v) is 9.10. The smallest absolute Gasteiger partial charge is 0.134 e. The number of hydrogen-bond acceptors (Lipinski definition) is 0. The second-order valence-corrected chi connectivity index (χ2v) is 7.32. The molecule has 0 saturated heterocycles. The van der Waals surface area contributed by atoms with E-state index in [0.29, 0.717) is 0 Å². The van der Waals surface area contributed by atoms with Crippen LogP contribution in [0.4, 0.5) is 0 Å². The first-order chi connectivity index (χ1) is 6.27. The molecule has 0 aromatic rings. The molecule has 0 heterocycles. The summed E-state index contributed by atoms with van der Waals surface area (Å²) < 4.78 is 0. The van der Waals surface area contributed by atoms with Gasteiger partial charge in [0.25, 0.3) is 0 Å². The van der Waals surface area contributed by atoms with E-state index in [1.54, 1.807) is 0 Å². The molecule has 0 aromatic carbocycles. The molecular formula is C10H18Cl2Si. The average Bonchev–Trinajstić information content (AvgIpc) is 2.09. The zero-order valence-electron chi connectivity index (χ0n) is 8.28. The monoisotopic (exact) mass is 236 g/mol. The van der Waals surface area contributed by atoms with Crippen molar-refractivity contribution in [1.82, 2.24) is 0 Å². The third-order valence-electron chi connectivity index (χ3n) is 1.87. The highest BCUT2D eigenvalue weighted by molar-refractivity contribution is 7.37. The largest absolute Gasteiger partial charge is 0.309 e. The van der Waals surface area contributed by atoms with Crippen molar-refractivity contribution in [3.05, 3.63) is 0 Å². The Balaban J connectivity index is 3.05. The van der Waals surface area contributed by atoms with E-state index < -0.39 is 7.42 Å². The highest BCUT2D eigenvalue weighted by atomic mass is 35.7. The van der Waals surface area contributed by atoms with Gasteiger partial charge in [-0.1, -0.05) is 44.6 Å². The molecule has 0 saturated carbocycles. The predicted molar refractivity (Wildman–Crippen MR) is 64.6 cm³/mol. The second kappa shape index (κ2) is 10.4. The van der Waals surface area contributed by atoms with Crippen LogP contribution in [0, 0.1) is 11.5 Å². The minimum atomic E-state index is -1.66. The molecule has 0 N–H and O–H groups in total. The molecule has 76 valence electrons.